The minimum atomic E-state index is -0.989. The highest BCUT2D eigenvalue weighted by molar-refractivity contribution is 14.1. The lowest BCUT2D eigenvalue weighted by atomic mass is 9.80. The Bertz CT molecular complexity index is 1400. The summed E-state index contributed by atoms with van der Waals surface area (Å²) in [5.41, 5.74) is 1.60. The van der Waals surface area contributed by atoms with Crippen molar-refractivity contribution in [3.8, 4) is 0 Å². The summed E-state index contributed by atoms with van der Waals surface area (Å²) in [6.45, 7) is 6.33. The summed E-state index contributed by atoms with van der Waals surface area (Å²) >= 11 is 15.1. The number of carbonyl (C=O) groups is 1. The first-order valence-corrected chi connectivity index (χ1v) is 16.8. The lowest BCUT2D eigenvalue weighted by molar-refractivity contribution is -0.0777. The monoisotopic (exact) mass is 745 g/mol. The van der Waals surface area contributed by atoms with E-state index in [9.17, 15) is 9.90 Å². The molecule has 1 atom stereocenters. The van der Waals surface area contributed by atoms with Crippen molar-refractivity contribution in [1.29, 1.82) is 0 Å². The van der Waals surface area contributed by atoms with Gasteiger partial charge in [0.05, 0.1) is 23.3 Å². The maximum absolute atomic E-state index is 12.0. The van der Waals surface area contributed by atoms with Crippen LogP contribution in [0, 0.1) is 0 Å². The molecule has 0 spiro atoms. The minimum absolute atomic E-state index is 0.189. The van der Waals surface area contributed by atoms with Gasteiger partial charge in [-0.2, -0.15) is 0 Å². The second kappa shape index (κ2) is 15.1. The number of benzene rings is 4. The Morgan fingerprint density at radius 2 is 1.23 bits per heavy atom. The van der Waals surface area contributed by atoms with Crippen LogP contribution in [0.5, 0.6) is 0 Å². The Hall–Kier alpha value is -2.62. The number of alkyl halides is 1. The summed E-state index contributed by atoms with van der Waals surface area (Å²) in [5, 5.41) is 10.7. The van der Waals surface area contributed by atoms with Crippen molar-refractivity contribution >= 4 is 51.9 Å². The molecule has 0 aromatic heterocycles. The third-order valence-electron chi connectivity index (χ3n) is 7.76. The highest BCUT2D eigenvalue weighted by atomic mass is 127. The molecule has 4 rings (SSSR count). The fraction of sp³-hybridized carbons (Fsp3) is 0.306. The van der Waals surface area contributed by atoms with Crippen molar-refractivity contribution < 1.29 is 19.4 Å². The third-order valence-corrected chi connectivity index (χ3v) is 9.73. The molecule has 0 aliphatic rings. The first-order valence-electron chi connectivity index (χ1n) is 14.5. The average molecular weight is 747 g/mol. The second-order valence-corrected chi connectivity index (χ2v) is 13.2. The van der Waals surface area contributed by atoms with Crippen molar-refractivity contribution in [1.82, 2.24) is 4.90 Å². The molecule has 5 nitrogen and oxygen atoms in total. The molecule has 0 bridgehead atoms. The van der Waals surface area contributed by atoms with E-state index in [-0.39, 0.29) is 13.2 Å². The normalized spacial score (nSPS) is 13.3. The molecule has 232 valence electrons. The largest absolute Gasteiger partial charge is 0.465 e. The van der Waals surface area contributed by atoms with Crippen LogP contribution in [0.3, 0.4) is 0 Å². The molecule has 4 aromatic rings. The number of ether oxygens (including phenoxy) is 2. The van der Waals surface area contributed by atoms with Crippen LogP contribution in [-0.2, 0) is 20.7 Å². The van der Waals surface area contributed by atoms with E-state index in [0.717, 1.165) is 22.3 Å². The van der Waals surface area contributed by atoms with Crippen molar-refractivity contribution in [2.45, 2.75) is 43.9 Å². The van der Waals surface area contributed by atoms with Gasteiger partial charge in [0, 0.05) is 22.9 Å². The van der Waals surface area contributed by atoms with Gasteiger partial charge < -0.3 is 19.5 Å². The van der Waals surface area contributed by atoms with E-state index in [1.807, 2.05) is 87.5 Å². The fourth-order valence-electron chi connectivity index (χ4n) is 5.45. The molecule has 1 unspecified atom stereocenters. The van der Waals surface area contributed by atoms with Crippen LogP contribution < -0.4 is 0 Å². The standard InChI is InChI=1S/C36H38Cl2INO4/c1-34(2,3)40(33(41)42)22-24-43-35(26-39,30-19-20-31(37)32(38)25-30)21-23-44-36(27-13-7-4-8-14-27,28-15-9-5-10-16-28)29-17-11-6-12-18-29/h4-20,25H,21-24,26H2,1-3H3,(H,41,42). The van der Waals surface area contributed by atoms with Crippen LogP contribution in [-0.4, -0.2) is 45.8 Å². The van der Waals surface area contributed by atoms with Crippen molar-refractivity contribution in [3.63, 3.8) is 0 Å². The summed E-state index contributed by atoms with van der Waals surface area (Å²) in [4.78, 5) is 13.4. The molecular weight excluding hydrogens is 708 g/mol. The summed E-state index contributed by atoms with van der Waals surface area (Å²) < 4.78 is 14.3. The Labute approximate surface area is 284 Å². The topological polar surface area (TPSA) is 59.0 Å². The van der Waals surface area contributed by atoms with Crippen LogP contribution in [0.4, 0.5) is 4.79 Å². The van der Waals surface area contributed by atoms with E-state index in [0.29, 0.717) is 27.5 Å². The van der Waals surface area contributed by atoms with Gasteiger partial charge in [0.1, 0.15) is 11.2 Å². The van der Waals surface area contributed by atoms with Crippen LogP contribution in [0.2, 0.25) is 10.0 Å². The number of amides is 1. The molecule has 1 amide bonds. The maximum Gasteiger partial charge on any atom is 0.407 e. The number of carboxylic acid groups (broad SMARTS) is 1. The van der Waals surface area contributed by atoms with E-state index in [1.54, 1.807) is 6.07 Å². The molecule has 0 fully saturated rings. The zero-order chi connectivity index (χ0) is 31.8. The van der Waals surface area contributed by atoms with E-state index < -0.39 is 22.8 Å². The van der Waals surface area contributed by atoms with E-state index >= 15 is 0 Å². The zero-order valence-corrected chi connectivity index (χ0v) is 28.9. The van der Waals surface area contributed by atoms with E-state index in [1.165, 1.54) is 4.90 Å². The highest BCUT2D eigenvalue weighted by Gasteiger charge is 2.40. The SMILES string of the molecule is CC(C)(C)N(CCOC(CI)(CCOC(c1ccccc1)(c1ccccc1)c1ccccc1)c1ccc(Cl)c(Cl)c1)C(=O)O. The molecule has 0 saturated heterocycles. The van der Waals surface area contributed by atoms with Crippen molar-refractivity contribution in [2.24, 2.45) is 0 Å². The third kappa shape index (κ3) is 7.77. The molecule has 0 aliphatic carbocycles. The van der Waals surface area contributed by atoms with Gasteiger partial charge in [-0.05, 0) is 55.2 Å². The first kappa shape index (κ1) is 34.3. The van der Waals surface area contributed by atoms with Gasteiger partial charge in [0.15, 0.2) is 0 Å². The Balaban J connectivity index is 1.73. The fourth-order valence-corrected chi connectivity index (χ4v) is 6.79. The van der Waals surface area contributed by atoms with Crippen LogP contribution in [0.25, 0.3) is 0 Å². The summed E-state index contributed by atoms with van der Waals surface area (Å²) in [6.07, 6.45) is -0.512. The lowest BCUT2D eigenvalue weighted by Gasteiger charge is -2.39. The molecule has 44 heavy (non-hydrogen) atoms. The zero-order valence-electron chi connectivity index (χ0n) is 25.2. The summed E-state index contributed by atoms with van der Waals surface area (Å²) in [5.74, 6) is 0. The van der Waals surface area contributed by atoms with Gasteiger partial charge >= 0.3 is 6.09 Å². The molecule has 8 heteroatoms. The Morgan fingerprint density at radius 3 is 1.64 bits per heavy atom. The second-order valence-electron chi connectivity index (χ2n) is 11.6. The van der Waals surface area contributed by atoms with Crippen LogP contribution in [0.15, 0.2) is 109 Å². The highest BCUT2D eigenvalue weighted by Crippen LogP contribution is 2.42. The molecule has 4 aromatic carbocycles. The Kier molecular flexibility index (Phi) is 11.8. The van der Waals surface area contributed by atoms with Gasteiger partial charge in [-0.25, -0.2) is 4.79 Å². The quantitative estimate of drug-likeness (QED) is 0.0842. The predicted octanol–water partition coefficient (Wildman–Crippen LogP) is 9.82. The smallest absolute Gasteiger partial charge is 0.407 e. The number of nitrogens with zero attached hydrogens (tertiary/aromatic N) is 1. The molecular formula is C36H38Cl2INO4. The van der Waals surface area contributed by atoms with Gasteiger partial charge in [-0.3, -0.25) is 0 Å². The molecule has 0 saturated carbocycles. The van der Waals surface area contributed by atoms with Gasteiger partial charge in [0.25, 0.3) is 0 Å². The van der Waals surface area contributed by atoms with Gasteiger partial charge in [-0.15, -0.1) is 0 Å². The van der Waals surface area contributed by atoms with Crippen LogP contribution >= 0.6 is 45.8 Å². The Morgan fingerprint density at radius 1 is 0.727 bits per heavy atom. The molecule has 0 radical (unpaired) electrons. The first-order chi connectivity index (χ1) is 21.0. The average Bonchev–Trinajstić information content (AvgIpc) is 3.02. The maximum atomic E-state index is 12.0. The number of hydrogen-bond acceptors (Lipinski definition) is 3. The predicted molar refractivity (Wildman–Crippen MR) is 187 cm³/mol. The lowest BCUT2D eigenvalue weighted by Crippen LogP contribution is -2.47. The summed E-state index contributed by atoms with van der Waals surface area (Å²) in [7, 11) is 0. The molecule has 1 N–H and O–H groups in total. The number of halogens is 3. The number of hydrogen-bond donors (Lipinski definition) is 1. The van der Waals surface area contributed by atoms with Crippen molar-refractivity contribution in [3.05, 3.63) is 141 Å². The minimum Gasteiger partial charge on any atom is -0.465 e. The number of rotatable bonds is 13. The van der Waals surface area contributed by atoms with E-state index in [2.05, 4.69) is 59.0 Å². The van der Waals surface area contributed by atoms with Crippen LogP contribution in [0.1, 0.15) is 49.4 Å². The van der Waals surface area contributed by atoms with Gasteiger partial charge in [-0.1, -0.05) is 143 Å². The van der Waals surface area contributed by atoms with Crippen molar-refractivity contribution in [2.75, 3.05) is 24.2 Å². The molecule has 0 aliphatic heterocycles. The summed E-state index contributed by atoms with van der Waals surface area (Å²) in [6, 6.07) is 36.2. The molecule has 0 heterocycles. The van der Waals surface area contributed by atoms with Gasteiger partial charge in [0.2, 0.25) is 0 Å². The van der Waals surface area contributed by atoms with E-state index in [4.69, 9.17) is 32.7 Å².